The van der Waals surface area contributed by atoms with E-state index in [0.717, 1.165) is 22.3 Å². The number of aryl methyl sites for hydroxylation is 2. The Morgan fingerprint density at radius 3 is 2.43 bits per heavy atom. The number of aromatic nitrogens is 2. The zero-order valence-electron chi connectivity index (χ0n) is 20.4. The van der Waals surface area contributed by atoms with Gasteiger partial charge >= 0.3 is 0 Å². The molecule has 1 N–H and O–H groups in total. The van der Waals surface area contributed by atoms with Gasteiger partial charge < -0.3 is 4.74 Å². The third kappa shape index (κ3) is 4.10. The number of fused-ring (bicyclic) bond motifs is 4. The van der Waals surface area contributed by atoms with E-state index >= 15 is 0 Å². The van der Waals surface area contributed by atoms with Gasteiger partial charge in [-0.3, -0.25) is 0 Å². The van der Waals surface area contributed by atoms with E-state index in [2.05, 4.69) is 27.7 Å². The number of nitrogens with one attached hydrogen (secondary N) is 1. The summed E-state index contributed by atoms with van der Waals surface area (Å²) in [5.74, 6) is 1.41. The van der Waals surface area contributed by atoms with E-state index in [-0.39, 0.29) is 22.7 Å². The van der Waals surface area contributed by atoms with Crippen LogP contribution < -0.4 is 9.46 Å². The third-order valence-corrected chi connectivity index (χ3v) is 9.51. The molecule has 2 aromatic carbocycles. The van der Waals surface area contributed by atoms with E-state index in [1.807, 2.05) is 50.2 Å². The van der Waals surface area contributed by atoms with Crippen LogP contribution in [0.4, 0.5) is 5.95 Å². The Kier molecular flexibility index (Phi) is 5.18. The summed E-state index contributed by atoms with van der Waals surface area (Å²) in [5.41, 5.74) is 5.37. The van der Waals surface area contributed by atoms with E-state index in [9.17, 15) is 8.42 Å². The van der Waals surface area contributed by atoms with Gasteiger partial charge in [-0.15, -0.1) is 0 Å². The van der Waals surface area contributed by atoms with E-state index < -0.39 is 10.0 Å². The minimum Gasteiger partial charge on any atom is -0.477 e. The van der Waals surface area contributed by atoms with Crippen LogP contribution in [0.15, 0.2) is 53.4 Å². The predicted molar refractivity (Wildman–Crippen MR) is 136 cm³/mol. The Morgan fingerprint density at radius 1 is 1.00 bits per heavy atom. The topological polar surface area (TPSA) is 81.2 Å². The first-order chi connectivity index (χ1) is 16.7. The number of hydrogen-bond acceptors (Lipinski definition) is 5. The van der Waals surface area contributed by atoms with Crippen LogP contribution in [-0.2, 0) is 10.0 Å². The highest BCUT2D eigenvalue weighted by atomic mass is 32.2. The molecule has 1 spiro atoms. The minimum atomic E-state index is -3.86. The first-order valence-electron chi connectivity index (χ1n) is 12.4. The van der Waals surface area contributed by atoms with Crippen LogP contribution in [0.25, 0.3) is 11.3 Å². The SMILES string of the molecule is Cc1cccc(C)c1-c1cc2nc(n1)NS(=O)(=O)c1cccc(c1)C(C1CC3(CC3)C1)C(C)CO2. The van der Waals surface area contributed by atoms with Crippen molar-refractivity contribution in [3.05, 3.63) is 65.2 Å². The molecule has 6 nitrogen and oxygen atoms in total. The normalized spacial score (nSPS) is 24.3. The van der Waals surface area contributed by atoms with Crippen LogP contribution >= 0.6 is 0 Å². The zero-order valence-corrected chi connectivity index (χ0v) is 21.2. The first-order valence-corrected chi connectivity index (χ1v) is 13.9. The molecule has 6 rings (SSSR count). The van der Waals surface area contributed by atoms with E-state index in [1.165, 1.54) is 25.7 Å². The average molecular weight is 490 g/mol. The van der Waals surface area contributed by atoms with Crippen molar-refractivity contribution >= 4 is 16.0 Å². The summed E-state index contributed by atoms with van der Waals surface area (Å²) in [4.78, 5) is 9.27. The number of benzene rings is 2. The largest absolute Gasteiger partial charge is 0.477 e. The summed E-state index contributed by atoms with van der Waals surface area (Å²) in [5, 5.41) is 0. The summed E-state index contributed by atoms with van der Waals surface area (Å²) in [6.07, 6.45) is 5.13. The molecular weight excluding hydrogens is 458 g/mol. The number of sulfonamides is 1. The van der Waals surface area contributed by atoms with Crippen molar-refractivity contribution in [3.63, 3.8) is 0 Å². The monoisotopic (exact) mass is 489 g/mol. The number of rotatable bonds is 2. The van der Waals surface area contributed by atoms with Crippen molar-refractivity contribution in [1.82, 2.24) is 9.97 Å². The highest BCUT2D eigenvalue weighted by Crippen LogP contribution is 2.66. The first kappa shape index (κ1) is 22.5. The fraction of sp³-hybridized carbons (Fsp3) is 0.429. The Hall–Kier alpha value is -2.93. The number of hydrogen-bond donors (Lipinski definition) is 1. The number of anilines is 1. The summed E-state index contributed by atoms with van der Waals surface area (Å²) in [6, 6.07) is 15.3. The summed E-state index contributed by atoms with van der Waals surface area (Å²) >= 11 is 0. The molecule has 0 radical (unpaired) electrons. The Bertz CT molecular complexity index is 1390. The lowest BCUT2D eigenvalue weighted by molar-refractivity contribution is 0.0952. The molecule has 4 bridgehead atoms. The van der Waals surface area contributed by atoms with Gasteiger partial charge in [0.1, 0.15) is 0 Å². The minimum absolute atomic E-state index is 0.0185. The van der Waals surface area contributed by atoms with Gasteiger partial charge in [-0.1, -0.05) is 37.3 Å². The molecule has 2 fully saturated rings. The van der Waals surface area contributed by atoms with E-state index in [4.69, 9.17) is 4.74 Å². The molecule has 0 saturated heterocycles. The molecule has 0 amide bonds. The molecule has 7 heteroatoms. The Balaban J connectivity index is 1.44. The van der Waals surface area contributed by atoms with Crippen LogP contribution in [0.5, 0.6) is 5.88 Å². The summed E-state index contributed by atoms with van der Waals surface area (Å²) in [6.45, 7) is 6.77. The van der Waals surface area contributed by atoms with Gasteiger partial charge in [-0.2, -0.15) is 4.98 Å². The molecule has 3 aromatic rings. The second kappa shape index (κ2) is 8.05. The lowest BCUT2D eigenvalue weighted by atomic mass is 9.61. The molecular formula is C28H31N3O3S. The molecule has 35 heavy (non-hydrogen) atoms. The van der Waals surface area contributed by atoms with E-state index in [1.54, 1.807) is 6.07 Å². The molecule has 1 aliphatic heterocycles. The van der Waals surface area contributed by atoms with Crippen molar-refractivity contribution in [2.75, 3.05) is 11.3 Å². The van der Waals surface area contributed by atoms with Gasteiger partial charge in [0.05, 0.1) is 17.2 Å². The van der Waals surface area contributed by atoms with Crippen LogP contribution in [0, 0.1) is 31.1 Å². The Labute approximate surface area is 207 Å². The molecule has 2 aliphatic carbocycles. The standard InChI is InChI=1S/C28H31N3O3S/c1-17-6-4-7-18(2)25(17)23-13-24-30-27(29-23)31-35(32,33)22-9-5-8-20(12-22)26(19(3)16-34-24)21-14-28(15-21)10-11-28/h4-9,12-13,19,21,26H,10-11,14-16H2,1-3H3,(H,29,30,31). The van der Waals surface area contributed by atoms with Crippen molar-refractivity contribution in [1.29, 1.82) is 0 Å². The highest BCUT2D eigenvalue weighted by molar-refractivity contribution is 7.92. The molecule has 2 atom stereocenters. The second-order valence-corrected chi connectivity index (χ2v) is 12.5. The van der Waals surface area contributed by atoms with Gasteiger partial charge in [0.25, 0.3) is 10.0 Å². The lowest BCUT2D eigenvalue weighted by Gasteiger charge is -2.44. The maximum atomic E-state index is 13.4. The van der Waals surface area contributed by atoms with Gasteiger partial charge in [0.15, 0.2) is 0 Å². The fourth-order valence-electron chi connectivity index (χ4n) is 6.24. The number of nitrogens with zero attached hydrogens (tertiary/aromatic N) is 2. The summed E-state index contributed by atoms with van der Waals surface area (Å²) < 4.78 is 35.6. The predicted octanol–water partition coefficient (Wildman–Crippen LogP) is 5.86. The average Bonchev–Trinajstić information content (AvgIpc) is 3.58. The van der Waals surface area contributed by atoms with Crippen molar-refractivity contribution < 1.29 is 13.2 Å². The molecule has 3 aliphatic rings. The quantitative estimate of drug-likeness (QED) is 0.487. The second-order valence-electron chi connectivity index (χ2n) is 10.8. The van der Waals surface area contributed by atoms with Crippen molar-refractivity contribution in [2.45, 2.75) is 57.3 Å². The van der Waals surface area contributed by atoms with Gasteiger partial charge in [-0.25, -0.2) is 18.1 Å². The fourth-order valence-corrected chi connectivity index (χ4v) is 7.24. The lowest BCUT2D eigenvalue weighted by Crippen LogP contribution is -2.35. The Morgan fingerprint density at radius 2 is 1.71 bits per heavy atom. The van der Waals surface area contributed by atoms with Crippen molar-refractivity contribution in [3.8, 4) is 17.1 Å². The molecule has 2 unspecified atom stereocenters. The number of ether oxygens (including phenoxy) is 1. The van der Waals surface area contributed by atoms with Crippen LogP contribution in [0.3, 0.4) is 0 Å². The van der Waals surface area contributed by atoms with Crippen molar-refractivity contribution in [2.24, 2.45) is 17.3 Å². The van der Waals surface area contributed by atoms with Gasteiger partial charge in [0.2, 0.25) is 11.8 Å². The van der Waals surface area contributed by atoms with Crippen LogP contribution in [-0.4, -0.2) is 25.0 Å². The van der Waals surface area contributed by atoms with Gasteiger partial charge in [-0.05, 0) is 91.5 Å². The molecule has 2 saturated carbocycles. The molecule has 182 valence electrons. The maximum Gasteiger partial charge on any atom is 0.264 e. The van der Waals surface area contributed by atoms with Crippen LogP contribution in [0.1, 0.15) is 55.2 Å². The maximum absolute atomic E-state index is 13.4. The zero-order chi connectivity index (χ0) is 24.4. The summed E-state index contributed by atoms with van der Waals surface area (Å²) in [7, 11) is -3.86. The van der Waals surface area contributed by atoms with Crippen LogP contribution in [0.2, 0.25) is 0 Å². The molecule has 2 heterocycles. The third-order valence-electron chi connectivity index (χ3n) is 8.18. The smallest absolute Gasteiger partial charge is 0.264 e. The van der Waals surface area contributed by atoms with Gasteiger partial charge in [0, 0.05) is 11.6 Å². The van der Waals surface area contributed by atoms with E-state index in [0.29, 0.717) is 29.5 Å². The molecule has 1 aromatic heterocycles. The highest BCUT2D eigenvalue weighted by Gasteiger charge is 2.55.